The van der Waals surface area contributed by atoms with Crippen LogP contribution in [0.2, 0.25) is 0 Å². The van der Waals surface area contributed by atoms with E-state index in [0.717, 1.165) is 48.2 Å². The largest absolute Gasteiger partial charge is 0.465 e. The van der Waals surface area contributed by atoms with Gasteiger partial charge in [0.15, 0.2) is 5.82 Å². The first-order valence-electron chi connectivity index (χ1n) is 11.3. The molecule has 3 aliphatic rings. The van der Waals surface area contributed by atoms with Crippen LogP contribution in [0.15, 0.2) is 12.1 Å². The number of halogens is 2. The monoisotopic (exact) mass is 446 g/mol. The lowest BCUT2D eigenvalue weighted by Gasteiger charge is -2.33. The maximum atomic E-state index is 13.7. The van der Waals surface area contributed by atoms with Gasteiger partial charge in [-0.2, -0.15) is 5.10 Å². The average Bonchev–Trinajstić information content (AvgIpc) is 3.17. The van der Waals surface area contributed by atoms with Crippen molar-refractivity contribution in [1.29, 1.82) is 0 Å². The molecule has 0 atom stereocenters. The van der Waals surface area contributed by atoms with Crippen LogP contribution in [0.3, 0.4) is 0 Å². The van der Waals surface area contributed by atoms with Crippen molar-refractivity contribution in [2.24, 2.45) is 0 Å². The summed E-state index contributed by atoms with van der Waals surface area (Å²) in [5, 5.41) is 14.6. The maximum absolute atomic E-state index is 13.7. The fourth-order valence-corrected chi connectivity index (χ4v) is 5.27. The second-order valence-corrected chi connectivity index (χ2v) is 8.88. The summed E-state index contributed by atoms with van der Waals surface area (Å²) in [6.07, 6.45) is 0.559. The van der Waals surface area contributed by atoms with Gasteiger partial charge >= 0.3 is 6.09 Å². The highest BCUT2D eigenvalue weighted by molar-refractivity contribution is 5.71. The van der Waals surface area contributed by atoms with Crippen LogP contribution in [0.5, 0.6) is 0 Å². The van der Waals surface area contributed by atoms with Crippen molar-refractivity contribution in [3.8, 4) is 0 Å². The van der Waals surface area contributed by atoms with Gasteiger partial charge in [0.1, 0.15) is 0 Å². The molecule has 5 rings (SSSR count). The minimum Gasteiger partial charge on any atom is -0.465 e. The number of aromatic nitrogens is 2. The molecule has 7 nitrogen and oxygen atoms in total. The fourth-order valence-electron chi connectivity index (χ4n) is 5.27. The van der Waals surface area contributed by atoms with Gasteiger partial charge in [0, 0.05) is 55.2 Å². The number of hydrogen-bond donors (Lipinski definition) is 1. The molecule has 2 aromatic rings. The number of benzene rings is 1. The van der Waals surface area contributed by atoms with Gasteiger partial charge in [0.2, 0.25) is 0 Å². The Morgan fingerprint density at radius 3 is 2.72 bits per heavy atom. The van der Waals surface area contributed by atoms with Gasteiger partial charge in [-0.3, -0.25) is 4.68 Å². The fraction of sp³-hybridized carbons (Fsp3) is 0.565. The number of nitrogens with zero attached hydrogens (tertiary/aromatic N) is 4. The molecule has 3 aliphatic heterocycles. The van der Waals surface area contributed by atoms with Crippen LogP contribution in [-0.2, 0) is 24.1 Å². The molecule has 1 fully saturated rings. The van der Waals surface area contributed by atoms with Crippen LogP contribution >= 0.6 is 0 Å². The Kier molecular flexibility index (Phi) is 5.53. The van der Waals surface area contributed by atoms with Crippen molar-refractivity contribution in [1.82, 2.24) is 14.7 Å². The first kappa shape index (κ1) is 21.2. The zero-order valence-electron chi connectivity index (χ0n) is 18.2. The standard InChI is InChI=1S/C23H28F2N4O3/c1-14-11-15-3-2-7-28(20(15)12-17(14)21(24)25)22-18-13-27(23(30)31)8-4-19(18)29(26-22)16-5-9-32-10-6-16/h11-12,16,21H,2-10,13H2,1H3,(H,30,31). The van der Waals surface area contributed by atoms with Crippen LogP contribution in [0.4, 0.5) is 25.1 Å². The Morgan fingerprint density at radius 1 is 1.22 bits per heavy atom. The SMILES string of the molecule is Cc1cc2c(cc1C(F)F)N(c1nn(C3CCOCC3)c3c1CN(C(=O)O)CC3)CCC2. The van der Waals surface area contributed by atoms with Crippen molar-refractivity contribution in [3.05, 3.63) is 40.1 Å². The molecule has 172 valence electrons. The van der Waals surface area contributed by atoms with Crippen LogP contribution in [0, 0.1) is 6.92 Å². The third kappa shape index (κ3) is 3.62. The first-order chi connectivity index (χ1) is 15.4. The van der Waals surface area contributed by atoms with Crippen molar-refractivity contribution in [3.63, 3.8) is 0 Å². The van der Waals surface area contributed by atoms with E-state index in [1.165, 1.54) is 4.90 Å². The number of hydrogen-bond acceptors (Lipinski definition) is 4. The van der Waals surface area contributed by atoms with Crippen molar-refractivity contribution in [2.45, 2.75) is 58.0 Å². The molecule has 0 unspecified atom stereocenters. The molecule has 0 spiro atoms. The van der Waals surface area contributed by atoms with E-state index < -0.39 is 12.5 Å². The number of rotatable bonds is 3. The second kappa shape index (κ2) is 8.35. The van der Waals surface area contributed by atoms with Gasteiger partial charge in [-0.1, -0.05) is 6.07 Å². The average molecular weight is 446 g/mol. The quantitative estimate of drug-likeness (QED) is 0.746. The predicted octanol–water partition coefficient (Wildman–Crippen LogP) is 4.60. The van der Waals surface area contributed by atoms with Gasteiger partial charge < -0.3 is 19.6 Å². The minimum atomic E-state index is -2.54. The predicted molar refractivity (Wildman–Crippen MR) is 115 cm³/mol. The normalized spacial score (nSPS) is 19.2. The molecule has 1 amide bonds. The molecule has 1 aromatic heterocycles. The number of amides is 1. The summed E-state index contributed by atoms with van der Waals surface area (Å²) in [5.74, 6) is 0.711. The topological polar surface area (TPSA) is 70.8 Å². The van der Waals surface area contributed by atoms with E-state index >= 15 is 0 Å². The van der Waals surface area contributed by atoms with Crippen molar-refractivity contribution in [2.75, 3.05) is 31.2 Å². The molecule has 1 aromatic carbocycles. The molecular formula is C23H28F2N4O3. The maximum Gasteiger partial charge on any atom is 0.407 e. The van der Waals surface area contributed by atoms with Crippen LogP contribution in [-0.4, -0.2) is 52.2 Å². The molecule has 0 bridgehead atoms. The zero-order chi connectivity index (χ0) is 22.4. The van der Waals surface area contributed by atoms with Gasteiger partial charge in [0.05, 0.1) is 12.6 Å². The van der Waals surface area contributed by atoms with E-state index in [2.05, 4.69) is 4.68 Å². The smallest absolute Gasteiger partial charge is 0.407 e. The molecule has 32 heavy (non-hydrogen) atoms. The summed E-state index contributed by atoms with van der Waals surface area (Å²) in [5.41, 5.74) is 4.42. The highest BCUT2D eigenvalue weighted by atomic mass is 19.3. The highest BCUT2D eigenvalue weighted by Gasteiger charge is 2.34. The lowest BCUT2D eigenvalue weighted by atomic mass is 9.95. The molecule has 9 heteroatoms. The van der Waals surface area contributed by atoms with Gasteiger partial charge in [-0.05, 0) is 49.8 Å². The Hall–Kier alpha value is -2.68. The lowest BCUT2D eigenvalue weighted by molar-refractivity contribution is 0.0650. The summed E-state index contributed by atoms with van der Waals surface area (Å²) in [6, 6.07) is 3.68. The molecule has 1 saturated heterocycles. The third-order valence-electron chi connectivity index (χ3n) is 6.95. The van der Waals surface area contributed by atoms with Gasteiger partial charge in [-0.25, -0.2) is 13.6 Å². The zero-order valence-corrected chi connectivity index (χ0v) is 18.2. The molecular weight excluding hydrogens is 418 g/mol. The van der Waals surface area contributed by atoms with E-state index in [0.29, 0.717) is 44.1 Å². The van der Waals surface area contributed by atoms with E-state index in [1.807, 2.05) is 11.0 Å². The molecule has 0 radical (unpaired) electrons. The number of alkyl halides is 2. The van der Waals surface area contributed by atoms with Gasteiger partial charge in [-0.15, -0.1) is 0 Å². The van der Waals surface area contributed by atoms with Crippen LogP contribution < -0.4 is 4.90 Å². The second-order valence-electron chi connectivity index (χ2n) is 8.88. The number of ether oxygens (including phenoxy) is 1. The Morgan fingerprint density at radius 2 is 2.00 bits per heavy atom. The van der Waals surface area contributed by atoms with Crippen LogP contribution in [0.25, 0.3) is 0 Å². The number of carbonyl (C=O) groups is 1. The molecule has 1 N–H and O–H groups in total. The van der Waals surface area contributed by atoms with E-state index in [4.69, 9.17) is 9.84 Å². The van der Waals surface area contributed by atoms with E-state index in [1.54, 1.807) is 13.0 Å². The molecule has 0 saturated carbocycles. The minimum absolute atomic E-state index is 0.0422. The molecule has 0 aliphatic carbocycles. The van der Waals surface area contributed by atoms with Crippen molar-refractivity contribution >= 4 is 17.6 Å². The summed E-state index contributed by atoms with van der Waals surface area (Å²) >= 11 is 0. The third-order valence-corrected chi connectivity index (χ3v) is 6.95. The lowest BCUT2D eigenvalue weighted by Crippen LogP contribution is -2.36. The molecule has 4 heterocycles. The number of aryl methyl sites for hydroxylation is 2. The summed E-state index contributed by atoms with van der Waals surface area (Å²) in [4.78, 5) is 15.1. The summed E-state index contributed by atoms with van der Waals surface area (Å²) in [7, 11) is 0. The summed E-state index contributed by atoms with van der Waals surface area (Å²) in [6.45, 7) is 4.46. The van der Waals surface area contributed by atoms with E-state index in [9.17, 15) is 18.7 Å². The Balaban J connectivity index is 1.62. The van der Waals surface area contributed by atoms with Crippen LogP contribution in [0.1, 0.15) is 59.7 Å². The Bertz CT molecular complexity index is 1030. The first-order valence-corrected chi connectivity index (χ1v) is 11.3. The number of carboxylic acid groups (broad SMARTS) is 1. The number of fused-ring (bicyclic) bond motifs is 2. The number of anilines is 2. The summed E-state index contributed by atoms with van der Waals surface area (Å²) < 4.78 is 34.9. The van der Waals surface area contributed by atoms with Crippen molar-refractivity contribution < 1.29 is 23.4 Å². The highest BCUT2D eigenvalue weighted by Crippen LogP contribution is 2.41. The van der Waals surface area contributed by atoms with Gasteiger partial charge in [0.25, 0.3) is 6.43 Å². The van der Waals surface area contributed by atoms with E-state index in [-0.39, 0.29) is 18.2 Å². The Labute approximate surface area is 185 Å².